The summed E-state index contributed by atoms with van der Waals surface area (Å²) in [4.78, 5) is 12.2. The molecule has 0 unspecified atom stereocenters. The highest BCUT2D eigenvalue weighted by molar-refractivity contribution is 7.07. The van der Waals surface area contributed by atoms with Crippen molar-refractivity contribution in [3.63, 3.8) is 0 Å². The molecule has 2 aromatic heterocycles. The first kappa shape index (κ1) is 17.2. The van der Waals surface area contributed by atoms with E-state index in [4.69, 9.17) is 9.97 Å². The highest BCUT2D eigenvalue weighted by atomic mass is 32.1. The molecule has 1 aromatic carbocycles. The molecular weight excluding hydrogens is 342 g/mol. The van der Waals surface area contributed by atoms with E-state index < -0.39 is 0 Å². The zero-order valence-corrected chi connectivity index (χ0v) is 16.0. The van der Waals surface area contributed by atoms with Crippen LogP contribution in [0.4, 0.5) is 0 Å². The Hall–Kier alpha value is -2.24. The van der Waals surface area contributed by atoms with Gasteiger partial charge in [-0.25, -0.2) is 9.97 Å². The summed E-state index contributed by atoms with van der Waals surface area (Å²) in [7, 11) is 0. The molecule has 0 atom stereocenters. The van der Waals surface area contributed by atoms with Crippen molar-refractivity contribution in [2.24, 2.45) is 0 Å². The molecular formula is C21H23N3OS. The smallest absolute Gasteiger partial charge is 0.131 e. The second-order valence-electron chi connectivity index (χ2n) is 7.15. The molecule has 3 aromatic rings. The van der Waals surface area contributed by atoms with Gasteiger partial charge in [-0.15, -0.1) is 0 Å². The van der Waals surface area contributed by atoms with Crippen molar-refractivity contribution in [2.45, 2.75) is 39.3 Å². The van der Waals surface area contributed by atoms with Crippen LogP contribution < -0.4 is 0 Å². The van der Waals surface area contributed by atoms with E-state index in [1.807, 2.05) is 12.1 Å². The summed E-state index contributed by atoms with van der Waals surface area (Å²) in [6.45, 7) is 7.11. The molecule has 4 nitrogen and oxygen atoms in total. The van der Waals surface area contributed by atoms with Crippen molar-refractivity contribution in [3.8, 4) is 17.0 Å². The summed E-state index contributed by atoms with van der Waals surface area (Å²) >= 11 is 1.75. The number of nitrogens with zero attached hydrogens (tertiary/aromatic N) is 3. The van der Waals surface area contributed by atoms with Crippen LogP contribution in [-0.2, 0) is 19.5 Å². The van der Waals surface area contributed by atoms with E-state index in [2.05, 4.69) is 35.6 Å². The van der Waals surface area contributed by atoms with E-state index in [0.29, 0.717) is 5.92 Å². The first-order valence-corrected chi connectivity index (χ1v) is 9.97. The van der Waals surface area contributed by atoms with E-state index in [9.17, 15) is 5.11 Å². The molecule has 0 aliphatic carbocycles. The second kappa shape index (κ2) is 7.17. The Balaban J connectivity index is 1.73. The Morgan fingerprint density at radius 1 is 1.15 bits per heavy atom. The van der Waals surface area contributed by atoms with Crippen molar-refractivity contribution in [1.82, 2.24) is 14.9 Å². The van der Waals surface area contributed by atoms with E-state index in [-0.39, 0.29) is 5.75 Å². The molecule has 0 saturated carbocycles. The van der Waals surface area contributed by atoms with Crippen LogP contribution in [0.15, 0.2) is 41.1 Å². The molecule has 0 bridgehead atoms. The number of rotatable bonds is 4. The fourth-order valence-corrected chi connectivity index (χ4v) is 4.04. The van der Waals surface area contributed by atoms with Gasteiger partial charge in [0.25, 0.3) is 0 Å². The highest BCUT2D eigenvalue weighted by Gasteiger charge is 2.24. The van der Waals surface area contributed by atoms with Gasteiger partial charge in [0, 0.05) is 43.1 Å². The summed E-state index contributed by atoms with van der Waals surface area (Å²) in [5.74, 6) is 1.47. The number of phenols is 1. The number of fused-ring (bicyclic) bond motifs is 1. The number of hydrogen-bond donors (Lipinski definition) is 1. The van der Waals surface area contributed by atoms with Crippen molar-refractivity contribution >= 4 is 11.3 Å². The number of hydrogen-bond acceptors (Lipinski definition) is 5. The Kier molecular flexibility index (Phi) is 4.74. The molecule has 0 radical (unpaired) electrons. The minimum Gasteiger partial charge on any atom is -0.508 e. The van der Waals surface area contributed by atoms with Crippen molar-refractivity contribution in [3.05, 3.63) is 63.7 Å². The number of thiophene rings is 1. The van der Waals surface area contributed by atoms with Crippen LogP contribution in [0.2, 0.25) is 0 Å². The molecule has 5 heteroatoms. The summed E-state index contributed by atoms with van der Waals surface area (Å²) in [5.41, 5.74) is 5.81. The third-order valence-corrected chi connectivity index (χ3v) is 5.53. The Bertz CT molecular complexity index is 888. The monoisotopic (exact) mass is 365 g/mol. The molecule has 1 N–H and O–H groups in total. The van der Waals surface area contributed by atoms with Gasteiger partial charge in [-0.3, -0.25) is 4.90 Å². The van der Waals surface area contributed by atoms with Gasteiger partial charge in [-0.05, 0) is 46.7 Å². The van der Waals surface area contributed by atoms with Gasteiger partial charge in [0.15, 0.2) is 0 Å². The molecule has 26 heavy (non-hydrogen) atoms. The van der Waals surface area contributed by atoms with E-state index >= 15 is 0 Å². The minimum absolute atomic E-state index is 0.278. The number of benzene rings is 1. The third kappa shape index (κ3) is 3.50. The molecule has 0 spiro atoms. The van der Waals surface area contributed by atoms with Crippen molar-refractivity contribution in [1.29, 1.82) is 0 Å². The maximum atomic E-state index is 9.63. The lowest BCUT2D eigenvalue weighted by Crippen LogP contribution is -2.31. The van der Waals surface area contributed by atoms with Crippen LogP contribution in [-0.4, -0.2) is 26.5 Å². The molecule has 1 aliphatic rings. The zero-order valence-electron chi connectivity index (χ0n) is 15.1. The fourth-order valence-electron chi connectivity index (χ4n) is 3.38. The van der Waals surface area contributed by atoms with Gasteiger partial charge in [-0.1, -0.05) is 13.8 Å². The van der Waals surface area contributed by atoms with Crippen LogP contribution in [0.3, 0.4) is 0 Å². The minimum atomic E-state index is 0.278. The molecule has 4 rings (SSSR count). The SMILES string of the molecule is CC(C)c1nc2c(c(-c3ccc(O)cc3)n1)CN(Cc1ccsc1)CC2. The average Bonchev–Trinajstić information content (AvgIpc) is 3.14. The lowest BCUT2D eigenvalue weighted by molar-refractivity contribution is 0.243. The summed E-state index contributed by atoms with van der Waals surface area (Å²) < 4.78 is 0. The Morgan fingerprint density at radius 3 is 2.65 bits per heavy atom. The lowest BCUT2D eigenvalue weighted by atomic mass is 9.98. The van der Waals surface area contributed by atoms with Gasteiger partial charge in [0.2, 0.25) is 0 Å². The molecule has 134 valence electrons. The maximum absolute atomic E-state index is 9.63. The van der Waals surface area contributed by atoms with Gasteiger partial charge >= 0.3 is 0 Å². The number of phenolic OH excluding ortho intramolecular Hbond substituents is 1. The molecule has 1 aliphatic heterocycles. The van der Waals surface area contributed by atoms with Gasteiger partial charge in [0.1, 0.15) is 11.6 Å². The lowest BCUT2D eigenvalue weighted by Gasteiger charge is -2.29. The highest BCUT2D eigenvalue weighted by Crippen LogP contribution is 2.31. The average molecular weight is 366 g/mol. The molecule has 0 amide bonds. The summed E-state index contributed by atoms with van der Waals surface area (Å²) in [5, 5.41) is 14.0. The maximum Gasteiger partial charge on any atom is 0.131 e. The van der Waals surface area contributed by atoms with E-state index in [1.54, 1.807) is 23.5 Å². The van der Waals surface area contributed by atoms with E-state index in [0.717, 1.165) is 43.1 Å². The normalized spacial score (nSPS) is 14.6. The Morgan fingerprint density at radius 2 is 1.96 bits per heavy atom. The van der Waals surface area contributed by atoms with Crippen molar-refractivity contribution in [2.75, 3.05) is 6.54 Å². The van der Waals surface area contributed by atoms with Crippen LogP contribution >= 0.6 is 11.3 Å². The topological polar surface area (TPSA) is 49.3 Å². The van der Waals surface area contributed by atoms with Gasteiger partial charge in [0.05, 0.1) is 11.4 Å². The standard InChI is InChI=1S/C21H23N3OS/c1-14(2)21-22-19-7-9-24(11-15-8-10-26-13-15)12-18(19)20(23-21)16-3-5-17(25)6-4-16/h3-6,8,10,13-14,25H,7,9,11-12H2,1-2H3. The predicted octanol–water partition coefficient (Wildman–Crippen LogP) is 4.59. The first-order valence-electron chi connectivity index (χ1n) is 9.02. The van der Waals surface area contributed by atoms with Crippen LogP contribution in [0.5, 0.6) is 5.75 Å². The van der Waals surface area contributed by atoms with Crippen molar-refractivity contribution < 1.29 is 5.11 Å². The predicted molar refractivity (Wildman–Crippen MR) is 105 cm³/mol. The quantitative estimate of drug-likeness (QED) is 0.734. The van der Waals surface area contributed by atoms with Crippen LogP contribution in [0.25, 0.3) is 11.3 Å². The number of aromatic hydroxyl groups is 1. The van der Waals surface area contributed by atoms with Crippen LogP contribution in [0, 0.1) is 0 Å². The Labute approximate surface area is 158 Å². The fraction of sp³-hybridized carbons (Fsp3) is 0.333. The van der Waals surface area contributed by atoms with E-state index in [1.165, 1.54) is 16.8 Å². The molecule has 0 fully saturated rings. The second-order valence-corrected chi connectivity index (χ2v) is 7.93. The largest absolute Gasteiger partial charge is 0.508 e. The third-order valence-electron chi connectivity index (χ3n) is 4.80. The first-order chi connectivity index (χ1) is 12.6. The van der Waals surface area contributed by atoms with Gasteiger partial charge < -0.3 is 5.11 Å². The van der Waals surface area contributed by atoms with Gasteiger partial charge in [-0.2, -0.15) is 11.3 Å². The van der Waals surface area contributed by atoms with Crippen LogP contribution in [0.1, 0.15) is 42.4 Å². The summed E-state index contributed by atoms with van der Waals surface area (Å²) in [6, 6.07) is 9.54. The molecule has 3 heterocycles. The summed E-state index contributed by atoms with van der Waals surface area (Å²) in [6.07, 6.45) is 0.951. The molecule has 0 saturated heterocycles. The zero-order chi connectivity index (χ0) is 18.1. The number of aromatic nitrogens is 2.